The molecular formula is C21H29N5O4. The van der Waals surface area contributed by atoms with Gasteiger partial charge in [-0.2, -0.15) is 9.61 Å². The monoisotopic (exact) mass is 415 g/mol. The van der Waals surface area contributed by atoms with Crippen LogP contribution in [0.2, 0.25) is 0 Å². The molecule has 1 aliphatic carbocycles. The van der Waals surface area contributed by atoms with Gasteiger partial charge in [-0.25, -0.2) is 0 Å². The summed E-state index contributed by atoms with van der Waals surface area (Å²) >= 11 is 0. The molecule has 0 radical (unpaired) electrons. The number of amides is 2. The van der Waals surface area contributed by atoms with Gasteiger partial charge in [0.2, 0.25) is 11.8 Å². The average Bonchev–Trinajstić information content (AvgIpc) is 3.38. The fourth-order valence-corrected chi connectivity index (χ4v) is 3.08. The van der Waals surface area contributed by atoms with E-state index in [1.165, 1.54) is 21.4 Å². The van der Waals surface area contributed by atoms with Gasteiger partial charge in [-0.1, -0.05) is 13.8 Å². The number of likely N-dealkylation sites (N-methyl/N-ethyl adjacent to an activating group) is 1. The van der Waals surface area contributed by atoms with Crippen LogP contribution in [-0.2, 0) is 11.3 Å². The average molecular weight is 415 g/mol. The summed E-state index contributed by atoms with van der Waals surface area (Å²) in [6.07, 6.45) is 6.18. The van der Waals surface area contributed by atoms with E-state index in [1.807, 2.05) is 27.7 Å². The van der Waals surface area contributed by atoms with Crippen molar-refractivity contribution in [2.75, 3.05) is 7.05 Å². The Balaban J connectivity index is 2.12. The number of hydrogen-bond donors (Lipinski definition) is 2. The van der Waals surface area contributed by atoms with Crippen LogP contribution in [0, 0.1) is 5.92 Å². The molecular weight excluding hydrogens is 386 g/mol. The first-order valence-electron chi connectivity index (χ1n) is 10.2. The molecule has 0 unspecified atom stereocenters. The zero-order valence-electron chi connectivity index (χ0n) is 18.0. The Kier molecular flexibility index (Phi) is 6.00. The van der Waals surface area contributed by atoms with E-state index in [9.17, 15) is 19.5 Å². The number of carbonyl (C=O) groups is 2. The summed E-state index contributed by atoms with van der Waals surface area (Å²) in [6.45, 7) is 8.05. The van der Waals surface area contributed by atoms with Crippen molar-refractivity contribution in [3.05, 3.63) is 33.8 Å². The summed E-state index contributed by atoms with van der Waals surface area (Å²) in [5.74, 6) is -1.18. The summed E-state index contributed by atoms with van der Waals surface area (Å²) in [4.78, 5) is 39.6. The molecule has 0 saturated heterocycles. The van der Waals surface area contributed by atoms with Crippen molar-refractivity contribution in [1.29, 1.82) is 0 Å². The van der Waals surface area contributed by atoms with Crippen LogP contribution in [0.3, 0.4) is 0 Å². The minimum atomic E-state index is -0.597. The highest BCUT2D eigenvalue weighted by molar-refractivity contribution is 5.97. The van der Waals surface area contributed by atoms with E-state index in [0.717, 1.165) is 12.8 Å². The van der Waals surface area contributed by atoms with Crippen LogP contribution in [0.4, 0.5) is 0 Å². The molecule has 1 fully saturated rings. The van der Waals surface area contributed by atoms with Gasteiger partial charge in [-0.15, -0.1) is 0 Å². The lowest BCUT2D eigenvalue weighted by molar-refractivity contribution is -0.126. The predicted molar refractivity (Wildman–Crippen MR) is 113 cm³/mol. The van der Waals surface area contributed by atoms with Crippen LogP contribution in [0.25, 0.3) is 11.7 Å². The maximum Gasteiger partial charge on any atom is 0.270 e. The molecule has 30 heavy (non-hydrogen) atoms. The highest BCUT2D eigenvalue weighted by Gasteiger charge is 2.29. The quantitative estimate of drug-likeness (QED) is 0.668. The van der Waals surface area contributed by atoms with Crippen LogP contribution in [-0.4, -0.2) is 55.1 Å². The first kappa shape index (κ1) is 21.6. The summed E-state index contributed by atoms with van der Waals surface area (Å²) in [6, 6.07) is 0.0902. The normalized spacial score (nSPS) is 14.2. The second-order valence-electron chi connectivity index (χ2n) is 8.47. The van der Waals surface area contributed by atoms with Crippen molar-refractivity contribution >= 4 is 23.5 Å². The van der Waals surface area contributed by atoms with Crippen molar-refractivity contribution < 1.29 is 14.7 Å². The maximum atomic E-state index is 13.2. The van der Waals surface area contributed by atoms with Gasteiger partial charge < -0.3 is 15.3 Å². The summed E-state index contributed by atoms with van der Waals surface area (Å²) in [5, 5.41) is 17.6. The van der Waals surface area contributed by atoms with E-state index in [4.69, 9.17) is 0 Å². The Bertz CT molecular complexity index is 1060. The molecule has 3 rings (SSSR count). The summed E-state index contributed by atoms with van der Waals surface area (Å²) < 4.78 is 2.62. The molecule has 0 aliphatic heterocycles. The largest absolute Gasteiger partial charge is 0.492 e. The van der Waals surface area contributed by atoms with Crippen molar-refractivity contribution in [3.8, 4) is 5.88 Å². The maximum absolute atomic E-state index is 13.2. The third-order valence-corrected chi connectivity index (χ3v) is 5.13. The van der Waals surface area contributed by atoms with Gasteiger partial charge in [-0.05, 0) is 38.7 Å². The lowest BCUT2D eigenvalue weighted by atomic mass is 10.2. The van der Waals surface area contributed by atoms with Crippen LogP contribution in [0.1, 0.15) is 56.5 Å². The molecule has 1 aliphatic rings. The van der Waals surface area contributed by atoms with Gasteiger partial charge in [0.15, 0.2) is 5.56 Å². The Labute approximate surface area is 175 Å². The van der Waals surface area contributed by atoms with E-state index in [0.29, 0.717) is 17.8 Å². The standard InChI is InChI=1S/C21H29N5O4/c1-12(2)11-25-19-14(6-9-16(27)24(5)13(3)4)10-22-26(19)21(30)17(20(25)29)18(28)23-15-7-8-15/h6,9-10,12-13,15,30H,7-8,11H2,1-5H3,(H,23,28). The van der Waals surface area contributed by atoms with E-state index >= 15 is 0 Å². The molecule has 9 nitrogen and oxygen atoms in total. The Hall–Kier alpha value is -3.10. The minimum Gasteiger partial charge on any atom is -0.492 e. The number of nitrogens with zero attached hydrogens (tertiary/aromatic N) is 4. The first-order chi connectivity index (χ1) is 14.1. The van der Waals surface area contributed by atoms with Crippen molar-refractivity contribution in [2.24, 2.45) is 5.92 Å². The number of hydrogen-bond acceptors (Lipinski definition) is 5. The summed E-state index contributed by atoms with van der Waals surface area (Å²) in [7, 11) is 1.71. The number of aromatic hydroxyl groups is 1. The zero-order valence-corrected chi connectivity index (χ0v) is 18.0. The van der Waals surface area contributed by atoms with Gasteiger partial charge in [-0.3, -0.25) is 19.0 Å². The van der Waals surface area contributed by atoms with Crippen molar-refractivity contribution in [3.63, 3.8) is 0 Å². The zero-order chi connectivity index (χ0) is 22.2. The van der Waals surface area contributed by atoms with Crippen LogP contribution in [0.5, 0.6) is 5.88 Å². The van der Waals surface area contributed by atoms with E-state index in [2.05, 4.69) is 10.4 Å². The third kappa shape index (κ3) is 4.24. The SMILES string of the molecule is CC(C)Cn1c(=O)c(C(=O)NC2CC2)c(O)n2ncc(C=CC(=O)N(C)C(C)C)c12. The molecule has 0 atom stereocenters. The second kappa shape index (κ2) is 8.33. The minimum absolute atomic E-state index is 0.0433. The van der Waals surface area contributed by atoms with E-state index in [1.54, 1.807) is 18.0 Å². The molecule has 0 bridgehead atoms. The van der Waals surface area contributed by atoms with Crippen LogP contribution >= 0.6 is 0 Å². The topological polar surface area (TPSA) is 109 Å². The van der Waals surface area contributed by atoms with Crippen molar-refractivity contribution in [1.82, 2.24) is 24.4 Å². The van der Waals surface area contributed by atoms with Gasteiger partial charge in [0.05, 0.1) is 6.20 Å². The number of nitrogens with one attached hydrogen (secondary N) is 1. The fraction of sp³-hybridized carbons (Fsp3) is 0.524. The number of fused-ring (bicyclic) bond motifs is 1. The predicted octanol–water partition coefficient (Wildman–Crippen LogP) is 1.63. The Morgan fingerprint density at radius 1 is 1.33 bits per heavy atom. The van der Waals surface area contributed by atoms with E-state index < -0.39 is 17.3 Å². The van der Waals surface area contributed by atoms with Gasteiger partial charge >= 0.3 is 0 Å². The molecule has 2 amide bonds. The van der Waals surface area contributed by atoms with Crippen molar-refractivity contribution in [2.45, 2.75) is 59.2 Å². The number of carbonyl (C=O) groups excluding carboxylic acids is 2. The Morgan fingerprint density at radius 3 is 2.57 bits per heavy atom. The molecule has 2 aromatic rings. The lowest BCUT2D eigenvalue weighted by Crippen LogP contribution is -2.36. The molecule has 9 heteroatoms. The fourth-order valence-electron chi connectivity index (χ4n) is 3.08. The number of aromatic nitrogens is 3. The van der Waals surface area contributed by atoms with Crippen LogP contribution in [0.15, 0.2) is 17.1 Å². The second-order valence-corrected chi connectivity index (χ2v) is 8.47. The molecule has 0 aromatic carbocycles. The molecule has 0 spiro atoms. The molecule has 2 N–H and O–H groups in total. The van der Waals surface area contributed by atoms with Gasteiger partial charge in [0.1, 0.15) is 5.65 Å². The smallest absolute Gasteiger partial charge is 0.270 e. The molecule has 2 heterocycles. The number of rotatable bonds is 7. The van der Waals surface area contributed by atoms with Gasteiger partial charge in [0, 0.05) is 37.3 Å². The molecule has 1 saturated carbocycles. The lowest BCUT2D eigenvalue weighted by Gasteiger charge is -2.19. The Morgan fingerprint density at radius 2 is 2.00 bits per heavy atom. The summed E-state index contributed by atoms with van der Waals surface area (Å²) in [5.41, 5.74) is -0.0509. The van der Waals surface area contributed by atoms with Crippen LogP contribution < -0.4 is 10.9 Å². The molecule has 2 aromatic heterocycles. The first-order valence-corrected chi connectivity index (χ1v) is 10.2. The van der Waals surface area contributed by atoms with E-state index in [-0.39, 0.29) is 29.5 Å². The van der Waals surface area contributed by atoms with Gasteiger partial charge in [0.25, 0.3) is 11.5 Å². The highest BCUT2D eigenvalue weighted by Crippen LogP contribution is 2.23. The highest BCUT2D eigenvalue weighted by atomic mass is 16.3. The third-order valence-electron chi connectivity index (χ3n) is 5.13. The molecule has 162 valence electrons.